The van der Waals surface area contributed by atoms with Gasteiger partial charge in [0.05, 0.1) is 0 Å². The van der Waals surface area contributed by atoms with Gasteiger partial charge in [0.25, 0.3) is 0 Å². The molecule has 1 aliphatic heterocycles. The number of nitrogens with zero attached hydrogens (tertiary/aromatic N) is 2. The van der Waals surface area contributed by atoms with Crippen LogP contribution >= 0.6 is 0 Å². The van der Waals surface area contributed by atoms with Gasteiger partial charge in [-0.1, -0.05) is 6.07 Å². The average molecular weight is 231 g/mol. The quantitative estimate of drug-likeness (QED) is 0.835. The summed E-state index contributed by atoms with van der Waals surface area (Å²) in [4.78, 5) is 5.54. The van der Waals surface area contributed by atoms with Crippen molar-refractivity contribution in [2.45, 2.75) is 12.7 Å². The maximum atomic E-state index is 12.2. The summed E-state index contributed by atoms with van der Waals surface area (Å²) in [5.41, 5.74) is -0.0347. The van der Waals surface area contributed by atoms with E-state index in [1.165, 1.54) is 12.3 Å². The lowest BCUT2D eigenvalue weighted by atomic mass is 10.2. The Hall–Kier alpha value is -1.14. The summed E-state index contributed by atoms with van der Waals surface area (Å²) < 4.78 is 36.7. The first-order valence-corrected chi connectivity index (χ1v) is 5.01. The molecule has 0 amide bonds. The summed E-state index contributed by atoms with van der Waals surface area (Å²) in [5.74, 6) is 0. The first-order chi connectivity index (χ1) is 7.55. The lowest BCUT2D eigenvalue weighted by Gasteiger charge is -2.13. The van der Waals surface area contributed by atoms with E-state index in [9.17, 15) is 13.2 Å². The number of pyridine rings is 1. The Kier molecular flexibility index (Phi) is 3.11. The molecule has 0 spiro atoms. The van der Waals surface area contributed by atoms with Gasteiger partial charge >= 0.3 is 6.18 Å². The molecule has 1 aromatic rings. The predicted octanol–water partition coefficient (Wildman–Crippen LogP) is 1.46. The van der Waals surface area contributed by atoms with Crippen LogP contribution in [0.25, 0.3) is 0 Å². The van der Waals surface area contributed by atoms with Gasteiger partial charge in [0.2, 0.25) is 0 Å². The van der Waals surface area contributed by atoms with Crippen LogP contribution in [0.15, 0.2) is 18.3 Å². The van der Waals surface area contributed by atoms with Crippen LogP contribution in [-0.4, -0.2) is 29.6 Å². The maximum Gasteiger partial charge on any atom is 0.433 e. The van der Waals surface area contributed by atoms with E-state index in [0.717, 1.165) is 31.4 Å². The summed E-state index contributed by atoms with van der Waals surface area (Å²) in [5, 5.41) is 3.15. The first kappa shape index (κ1) is 11.3. The summed E-state index contributed by atoms with van der Waals surface area (Å²) in [6.07, 6.45) is -3.06. The van der Waals surface area contributed by atoms with Crippen molar-refractivity contribution in [3.63, 3.8) is 0 Å². The minimum absolute atomic E-state index is 0.637. The second kappa shape index (κ2) is 4.39. The summed E-state index contributed by atoms with van der Waals surface area (Å²) in [6, 6.07) is 2.51. The normalized spacial score (nSPS) is 17.9. The molecule has 88 valence electrons. The van der Waals surface area contributed by atoms with Crippen LogP contribution in [0.5, 0.6) is 0 Å². The van der Waals surface area contributed by atoms with E-state index in [0.29, 0.717) is 6.54 Å². The van der Waals surface area contributed by atoms with Gasteiger partial charge in [0.1, 0.15) is 5.69 Å². The van der Waals surface area contributed by atoms with E-state index < -0.39 is 11.9 Å². The fourth-order valence-electron chi connectivity index (χ4n) is 1.63. The van der Waals surface area contributed by atoms with Gasteiger partial charge in [0.15, 0.2) is 0 Å². The van der Waals surface area contributed by atoms with E-state index in [1.807, 2.05) is 0 Å². The third kappa shape index (κ3) is 2.70. The highest BCUT2D eigenvalue weighted by molar-refractivity contribution is 5.16. The van der Waals surface area contributed by atoms with Crippen molar-refractivity contribution in [3.05, 3.63) is 29.6 Å². The van der Waals surface area contributed by atoms with Crippen molar-refractivity contribution in [1.82, 2.24) is 15.2 Å². The zero-order chi connectivity index (χ0) is 11.6. The molecule has 1 fully saturated rings. The van der Waals surface area contributed by atoms with Crippen LogP contribution in [0.2, 0.25) is 0 Å². The van der Waals surface area contributed by atoms with Crippen LogP contribution in [0.4, 0.5) is 13.2 Å². The zero-order valence-electron chi connectivity index (χ0n) is 8.59. The topological polar surface area (TPSA) is 28.2 Å². The Labute approximate surface area is 91.3 Å². The van der Waals surface area contributed by atoms with Gasteiger partial charge in [-0.05, 0) is 11.6 Å². The highest BCUT2D eigenvalue weighted by Gasteiger charge is 2.32. The molecular weight excluding hydrogens is 219 g/mol. The SMILES string of the molecule is FC(F)(F)c1ccc(CN2CCNC2)cn1. The number of alkyl halides is 3. The molecule has 1 saturated heterocycles. The van der Waals surface area contributed by atoms with E-state index in [-0.39, 0.29) is 0 Å². The number of halogens is 3. The summed E-state index contributed by atoms with van der Waals surface area (Å²) in [6.45, 7) is 3.26. The molecule has 0 bridgehead atoms. The van der Waals surface area contributed by atoms with Crippen molar-refractivity contribution in [2.75, 3.05) is 19.8 Å². The molecule has 16 heavy (non-hydrogen) atoms. The van der Waals surface area contributed by atoms with Crippen molar-refractivity contribution < 1.29 is 13.2 Å². The van der Waals surface area contributed by atoms with Crippen molar-refractivity contribution in [1.29, 1.82) is 0 Å². The van der Waals surface area contributed by atoms with Crippen LogP contribution in [-0.2, 0) is 12.7 Å². The molecule has 2 rings (SSSR count). The number of hydrogen-bond donors (Lipinski definition) is 1. The Morgan fingerprint density at radius 1 is 1.38 bits per heavy atom. The highest BCUT2D eigenvalue weighted by Crippen LogP contribution is 2.27. The van der Waals surface area contributed by atoms with Crippen molar-refractivity contribution in [2.24, 2.45) is 0 Å². The highest BCUT2D eigenvalue weighted by atomic mass is 19.4. The second-order valence-corrected chi connectivity index (χ2v) is 3.76. The second-order valence-electron chi connectivity index (χ2n) is 3.76. The number of hydrogen-bond acceptors (Lipinski definition) is 3. The monoisotopic (exact) mass is 231 g/mol. The van der Waals surface area contributed by atoms with Gasteiger partial charge in [-0.15, -0.1) is 0 Å². The van der Waals surface area contributed by atoms with Gasteiger partial charge in [-0.25, -0.2) is 0 Å². The third-order valence-corrected chi connectivity index (χ3v) is 2.46. The number of nitrogens with one attached hydrogen (secondary N) is 1. The molecule has 6 heteroatoms. The van der Waals surface area contributed by atoms with Crippen LogP contribution in [0.1, 0.15) is 11.3 Å². The van der Waals surface area contributed by atoms with Gasteiger partial charge in [-0.3, -0.25) is 9.88 Å². The van der Waals surface area contributed by atoms with E-state index in [2.05, 4.69) is 15.2 Å². The van der Waals surface area contributed by atoms with E-state index in [4.69, 9.17) is 0 Å². The first-order valence-electron chi connectivity index (χ1n) is 5.01. The molecule has 2 heterocycles. The summed E-state index contributed by atoms with van der Waals surface area (Å²) >= 11 is 0. The fraction of sp³-hybridized carbons (Fsp3) is 0.500. The predicted molar refractivity (Wildman–Crippen MR) is 52.5 cm³/mol. The van der Waals surface area contributed by atoms with E-state index >= 15 is 0 Å². The Morgan fingerprint density at radius 3 is 2.69 bits per heavy atom. The average Bonchev–Trinajstić information content (AvgIpc) is 2.70. The van der Waals surface area contributed by atoms with Gasteiger partial charge in [0, 0.05) is 32.5 Å². The summed E-state index contributed by atoms with van der Waals surface area (Å²) in [7, 11) is 0. The minimum atomic E-state index is -4.35. The van der Waals surface area contributed by atoms with Crippen LogP contribution in [0, 0.1) is 0 Å². The Bertz CT molecular complexity index is 341. The minimum Gasteiger partial charge on any atom is -0.303 e. The fourth-order valence-corrected chi connectivity index (χ4v) is 1.63. The molecule has 1 aromatic heterocycles. The number of aromatic nitrogens is 1. The largest absolute Gasteiger partial charge is 0.433 e. The van der Waals surface area contributed by atoms with E-state index in [1.54, 1.807) is 0 Å². The zero-order valence-corrected chi connectivity index (χ0v) is 8.59. The lowest BCUT2D eigenvalue weighted by Crippen LogP contribution is -2.21. The Morgan fingerprint density at radius 2 is 2.19 bits per heavy atom. The molecule has 1 N–H and O–H groups in total. The smallest absolute Gasteiger partial charge is 0.303 e. The van der Waals surface area contributed by atoms with Crippen molar-refractivity contribution in [3.8, 4) is 0 Å². The van der Waals surface area contributed by atoms with Gasteiger partial charge in [-0.2, -0.15) is 13.2 Å². The molecule has 0 atom stereocenters. The van der Waals surface area contributed by atoms with Crippen LogP contribution in [0.3, 0.4) is 0 Å². The molecule has 3 nitrogen and oxygen atoms in total. The van der Waals surface area contributed by atoms with Gasteiger partial charge < -0.3 is 5.32 Å². The van der Waals surface area contributed by atoms with Crippen molar-refractivity contribution >= 4 is 0 Å². The molecule has 0 radical (unpaired) electrons. The molecule has 0 unspecified atom stereocenters. The molecular formula is C10H12F3N3. The molecule has 0 aromatic carbocycles. The third-order valence-electron chi connectivity index (χ3n) is 2.46. The maximum absolute atomic E-state index is 12.2. The number of rotatable bonds is 2. The Balaban J connectivity index is 2.01. The van der Waals surface area contributed by atoms with Crippen LogP contribution < -0.4 is 5.32 Å². The lowest BCUT2D eigenvalue weighted by molar-refractivity contribution is -0.141. The molecule has 0 saturated carbocycles. The standard InChI is InChI=1S/C10H12F3N3/c11-10(12,13)9-2-1-8(5-15-9)6-16-4-3-14-7-16/h1-2,5,14H,3-4,6-7H2. The molecule has 0 aliphatic carbocycles. The molecule has 1 aliphatic rings.